The van der Waals surface area contributed by atoms with Crippen LogP contribution in [0.4, 0.5) is 0 Å². The van der Waals surface area contributed by atoms with E-state index in [1.54, 1.807) is 25.1 Å². The van der Waals surface area contributed by atoms with Gasteiger partial charge in [-0.15, -0.1) is 0 Å². The molecule has 0 amide bonds. The zero-order valence-corrected chi connectivity index (χ0v) is 11.4. The number of hydrogen-bond donors (Lipinski definition) is 0. The highest BCUT2D eigenvalue weighted by Gasteiger charge is 2.12. The minimum Gasteiger partial charge on any atom is -0.461 e. The van der Waals surface area contributed by atoms with Gasteiger partial charge in [-0.3, -0.25) is 0 Å². The topological polar surface area (TPSA) is 52.1 Å². The van der Waals surface area contributed by atoms with Crippen LogP contribution in [0.1, 0.15) is 23.1 Å². The molecule has 5 heteroatoms. The Morgan fingerprint density at radius 2 is 1.95 bits per heavy atom. The maximum atomic E-state index is 11.7. The number of ether oxygens (including phenoxy) is 1. The van der Waals surface area contributed by atoms with Crippen molar-refractivity contribution in [2.24, 2.45) is 0 Å². The molecule has 0 saturated carbocycles. The van der Waals surface area contributed by atoms with Crippen molar-refractivity contribution in [2.45, 2.75) is 13.8 Å². The van der Waals surface area contributed by atoms with Crippen molar-refractivity contribution in [2.75, 3.05) is 6.61 Å². The Hall–Kier alpha value is -1.94. The van der Waals surface area contributed by atoms with Gasteiger partial charge in [0.2, 0.25) is 0 Å². The van der Waals surface area contributed by atoms with E-state index in [2.05, 4.69) is 9.97 Å². The lowest BCUT2D eigenvalue weighted by Crippen LogP contribution is -2.09. The average molecular weight is 277 g/mol. The second-order valence-electron chi connectivity index (χ2n) is 3.95. The third-order valence-electron chi connectivity index (χ3n) is 2.44. The number of halogens is 1. The molecule has 4 nitrogen and oxygen atoms in total. The van der Waals surface area contributed by atoms with Crippen molar-refractivity contribution in [3.63, 3.8) is 0 Å². The van der Waals surface area contributed by atoms with Gasteiger partial charge in [-0.05, 0) is 44.2 Å². The highest BCUT2D eigenvalue weighted by Crippen LogP contribution is 2.19. The monoisotopic (exact) mass is 276 g/mol. The SMILES string of the molecule is CCOC(=O)c1cc(C)nc(-c2ccc(Cl)cc2)n1. The van der Waals surface area contributed by atoms with E-state index < -0.39 is 5.97 Å². The van der Waals surface area contributed by atoms with Gasteiger partial charge in [0.1, 0.15) is 0 Å². The molecule has 0 fully saturated rings. The summed E-state index contributed by atoms with van der Waals surface area (Å²) in [5, 5.41) is 0.641. The molecule has 0 aliphatic carbocycles. The third kappa shape index (κ3) is 3.29. The van der Waals surface area contributed by atoms with E-state index in [1.807, 2.05) is 19.1 Å². The lowest BCUT2D eigenvalue weighted by Gasteiger charge is -2.05. The lowest BCUT2D eigenvalue weighted by atomic mass is 10.2. The van der Waals surface area contributed by atoms with Crippen LogP contribution in [0.5, 0.6) is 0 Å². The minimum atomic E-state index is -0.441. The van der Waals surface area contributed by atoms with Crippen LogP contribution in [-0.4, -0.2) is 22.5 Å². The second-order valence-corrected chi connectivity index (χ2v) is 4.38. The predicted molar refractivity (Wildman–Crippen MR) is 73.2 cm³/mol. The van der Waals surface area contributed by atoms with Gasteiger partial charge in [0, 0.05) is 16.3 Å². The molecule has 0 aliphatic heterocycles. The summed E-state index contributed by atoms with van der Waals surface area (Å²) in [7, 11) is 0. The van der Waals surface area contributed by atoms with E-state index in [0.29, 0.717) is 23.1 Å². The first-order valence-corrected chi connectivity index (χ1v) is 6.26. The zero-order chi connectivity index (χ0) is 13.8. The molecule has 0 spiro atoms. The first kappa shape index (κ1) is 13.5. The Morgan fingerprint density at radius 3 is 2.58 bits per heavy atom. The number of aromatic nitrogens is 2. The zero-order valence-electron chi connectivity index (χ0n) is 10.7. The van der Waals surface area contributed by atoms with Gasteiger partial charge >= 0.3 is 5.97 Å². The standard InChI is InChI=1S/C14H13ClN2O2/c1-3-19-14(18)12-8-9(2)16-13(17-12)10-4-6-11(15)7-5-10/h4-8H,3H2,1-2H3. The molecule has 98 valence electrons. The van der Waals surface area contributed by atoms with E-state index in [4.69, 9.17) is 16.3 Å². The number of carbonyl (C=O) groups is 1. The summed E-state index contributed by atoms with van der Waals surface area (Å²) in [6.45, 7) is 3.88. The molecule has 0 N–H and O–H groups in total. The largest absolute Gasteiger partial charge is 0.461 e. The van der Waals surface area contributed by atoms with Crippen molar-refractivity contribution in [1.29, 1.82) is 0 Å². The molecular weight excluding hydrogens is 264 g/mol. The molecule has 1 aromatic heterocycles. The number of hydrogen-bond acceptors (Lipinski definition) is 4. The number of nitrogens with zero attached hydrogens (tertiary/aromatic N) is 2. The normalized spacial score (nSPS) is 10.3. The third-order valence-corrected chi connectivity index (χ3v) is 2.69. The summed E-state index contributed by atoms with van der Waals surface area (Å²) in [5.74, 6) is 0.0444. The highest BCUT2D eigenvalue weighted by molar-refractivity contribution is 6.30. The fraction of sp³-hybridized carbons (Fsp3) is 0.214. The first-order chi connectivity index (χ1) is 9.10. The highest BCUT2D eigenvalue weighted by atomic mass is 35.5. The Kier molecular flexibility index (Phi) is 4.12. The Labute approximate surface area is 116 Å². The summed E-state index contributed by atoms with van der Waals surface area (Å²) in [5.41, 5.74) is 1.78. The van der Waals surface area contributed by atoms with E-state index in [1.165, 1.54) is 0 Å². The maximum absolute atomic E-state index is 11.7. The number of esters is 1. The van der Waals surface area contributed by atoms with E-state index >= 15 is 0 Å². The van der Waals surface area contributed by atoms with Gasteiger partial charge in [0.25, 0.3) is 0 Å². The van der Waals surface area contributed by atoms with Crippen LogP contribution < -0.4 is 0 Å². The van der Waals surface area contributed by atoms with Gasteiger partial charge in [0.15, 0.2) is 11.5 Å². The summed E-state index contributed by atoms with van der Waals surface area (Å²) < 4.78 is 4.94. The van der Waals surface area contributed by atoms with Crippen LogP contribution >= 0.6 is 11.6 Å². The minimum absolute atomic E-state index is 0.263. The molecule has 0 radical (unpaired) electrons. The quantitative estimate of drug-likeness (QED) is 0.807. The van der Waals surface area contributed by atoms with Gasteiger partial charge in [-0.2, -0.15) is 0 Å². The van der Waals surface area contributed by atoms with Crippen molar-refractivity contribution in [3.05, 3.63) is 46.7 Å². The van der Waals surface area contributed by atoms with Crippen LogP contribution in [0.25, 0.3) is 11.4 Å². The number of aryl methyl sites for hydroxylation is 1. The molecule has 0 aliphatic rings. The van der Waals surface area contributed by atoms with Crippen LogP contribution in [0, 0.1) is 6.92 Å². The Bertz CT molecular complexity index is 597. The average Bonchev–Trinajstić information content (AvgIpc) is 2.39. The van der Waals surface area contributed by atoms with Crippen LogP contribution in [0.3, 0.4) is 0 Å². The van der Waals surface area contributed by atoms with Crippen molar-refractivity contribution in [1.82, 2.24) is 9.97 Å². The fourth-order valence-electron chi connectivity index (χ4n) is 1.61. The Morgan fingerprint density at radius 1 is 1.26 bits per heavy atom. The summed E-state index contributed by atoms with van der Waals surface area (Å²) in [4.78, 5) is 20.2. The number of rotatable bonds is 3. The lowest BCUT2D eigenvalue weighted by molar-refractivity contribution is 0.0519. The predicted octanol–water partition coefficient (Wildman–Crippen LogP) is 3.28. The van der Waals surface area contributed by atoms with Gasteiger partial charge < -0.3 is 4.74 Å². The van der Waals surface area contributed by atoms with Gasteiger partial charge in [0.05, 0.1) is 6.61 Å². The smallest absolute Gasteiger partial charge is 0.357 e. The number of benzene rings is 1. The van der Waals surface area contributed by atoms with Crippen molar-refractivity contribution < 1.29 is 9.53 Å². The second kappa shape index (κ2) is 5.80. The van der Waals surface area contributed by atoms with Crippen LogP contribution in [0.2, 0.25) is 5.02 Å². The molecule has 1 aromatic carbocycles. The van der Waals surface area contributed by atoms with E-state index in [0.717, 1.165) is 5.56 Å². The van der Waals surface area contributed by atoms with Gasteiger partial charge in [-0.1, -0.05) is 11.6 Å². The molecule has 0 saturated heterocycles. The van der Waals surface area contributed by atoms with Crippen molar-refractivity contribution in [3.8, 4) is 11.4 Å². The molecule has 0 bridgehead atoms. The number of carbonyl (C=O) groups excluding carboxylic acids is 1. The molecule has 2 aromatic rings. The molecule has 0 atom stereocenters. The summed E-state index contributed by atoms with van der Waals surface area (Å²) in [6, 6.07) is 8.74. The molecule has 19 heavy (non-hydrogen) atoms. The summed E-state index contributed by atoms with van der Waals surface area (Å²) >= 11 is 5.84. The molecule has 0 unspecified atom stereocenters. The van der Waals surface area contributed by atoms with Crippen LogP contribution in [0.15, 0.2) is 30.3 Å². The van der Waals surface area contributed by atoms with Gasteiger partial charge in [-0.25, -0.2) is 14.8 Å². The van der Waals surface area contributed by atoms with Crippen molar-refractivity contribution >= 4 is 17.6 Å². The Balaban J connectivity index is 2.41. The molecule has 1 heterocycles. The van der Waals surface area contributed by atoms with Crippen LogP contribution in [-0.2, 0) is 4.74 Å². The fourth-order valence-corrected chi connectivity index (χ4v) is 1.73. The molecular formula is C14H13ClN2O2. The maximum Gasteiger partial charge on any atom is 0.357 e. The molecule has 2 rings (SSSR count). The first-order valence-electron chi connectivity index (χ1n) is 5.89. The van der Waals surface area contributed by atoms with E-state index in [-0.39, 0.29) is 5.69 Å². The van der Waals surface area contributed by atoms with E-state index in [9.17, 15) is 4.79 Å². The summed E-state index contributed by atoms with van der Waals surface area (Å²) in [6.07, 6.45) is 0.